The number of amides is 1. The van der Waals surface area contributed by atoms with Crippen LogP contribution >= 0.6 is 23.5 Å². The van der Waals surface area contributed by atoms with Gasteiger partial charge < -0.3 is 4.98 Å². The lowest BCUT2D eigenvalue weighted by Crippen LogP contribution is -2.27. The maximum atomic E-state index is 12.6. The normalized spacial score (nSPS) is 14.5. The van der Waals surface area contributed by atoms with Crippen LogP contribution in [0.1, 0.15) is 33.4 Å². The molecule has 4 aromatic rings. The van der Waals surface area contributed by atoms with E-state index in [1.165, 1.54) is 23.5 Å². The molecule has 1 N–H and O–H groups in total. The zero-order chi connectivity index (χ0) is 29.6. The van der Waals surface area contributed by atoms with Gasteiger partial charge in [-0.1, -0.05) is 101 Å². The molecule has 0 radical (unpaired) electrons. The zero-order valence-corrected chi connectivity index (χ0v) is 24.4. The summed E-state index contributed by atoms with van der Waals surface area (Å²) < 4.78 is 0. The van der Waals surface area contributed by atoms with Crippen molar-refractivity contribution < 1.29 is 4.79 Å². The maximum absolute atomic E-state index is 12.6. The predicted octanol–water partition coefficient (Wildman–Crippen LogP) is 5.98. The van der Waals surface area contributed by atoms with Crippen molar-refractivity contribution in [3.05, 3.63) is 117 Å². The highest BCUT2D eigenvalue weighted by atomic mass is 32.2. The van der Waals surface area contributed by atoms with E-state index in [2.05, 4.69) is 20.0 Å². The van der Waals surface area contributed by atoms with Gasteiger partial charge in [0.05, 0.1) is 17.5 Å². The fraction of sp³-hybridized carbons (Fsp3) is 0.156. The van der Waals surface area contributed by atoms with Gasteiger partial charge >= 0.3 is 0 Å². The van der Waals surface area contributed by atoms with E-state index in [0.717, 1.165) is 33.4 Å². The van der Waals surface area contributed by atoms with E-state index >= 15 is 0 Å². The first-order chi connectivity index (χ1) is 20.3. The molecule has 0 aliphatic carbocycles. The summed E-state index contributed by atoms with van der Waals surface area (Å²) >= 11 is 2.72. The number of aromatic nitrogens is 2. The van der Waals surface area contributed by atoms with Gasteiger partial charge in [-0.05, 0) is 36.6 Å². The van der Waals surface area contributed by atoms with E-state index in [0.29, 0.717) is 33.2 Å². The van der Waals surface area contributed by atoms with Crippen LogP contribution in [-0.2, 0) is 16.3 Å². The number of hydrogen-bond donors (Lipinski definition) is 1. The van der Waals surface area contributed by atoms with E-state index < -0.39 is 17.4 Å². The number of nitrogens with zero attached hydrogens (tertiary/aromatic N) is 5. The molecular weight excluding hydrogens is 565 g/mol. The molecule has 42 heavy (non-hydrogen) atoms. The Morgan fingerprint density at radius 3 is 2.07 bits per heavy atom. The van der Waals surface area contributed by atoms with Gasteiger partial charge in [0.2, 0.25) is 0 Å². The Bertz CT molecular complexity index is 1880. The number of hydrogen-bond acceptors (Lipinski definition) is 8. The summed E-state index contributed by atoms with van der Waals surface area (Å²) in [5, 5.41) is 19.9. The van der Waals surface area contributed by atoms with Gasteiger partial charge in [-0.25, -0.2) is 9.98 Å². The van der Waals surface area contributed by atoms with E-state index in [1.54, 1.807) is 0 Å². The van der Waals surface area contributed by atoms with Gasteiger partial charge in [0.1, 0.15) is 11.6 Å². The molecule has 1 aliphatic heterocycles. The van der Waals surface area contributed by atoms with Crippen LogP contribution in [0.5, 0.6) is 0 Å². The van der Waals surface area contributed by atoms with Crippen LogP contribution in [0.15, 0.2) is 92.7 Å². The smallest absolute Gasteiger partial charge is 0.271 e. The first-order valence-corrected chi connectivity index (χ1v) is 14.9. The fourth-order valence-electron chi connectivity index (χ4n) is 4.34. The van der Waals surface area contributed by atoms with Gasteiger partial charge in [-0.2, -0.15) is 15.5 Å². The van der Waals surface area contributed by atoms with Crippen molar-refractivity contribution in [2.24, 2.45) is 15.9 Å². The fourth-order valence-corrected chi connectivity index (χ4v) is 5.96. The molecule has 1 aliphatic rings. The van der Waals surface area contributed by atoms with Gasteiger partial charge in [-0.3, -0.25) is 9.59 Å². The number of aromatic amines is 1. The van der Waals surface area contributed by atoms with Gasteiger partial charge in [0, 0.05) is 17.1 Å². The minimum Gasteiger partial charge on any atom is -0.300 e. The second kappa shape index (κ2) is 12.8. The van der Waals surface area contributed by atoms with Crippen molar-refractivity contribution in [2.45, 2.75) is 30.5 Å². The van der Waals surface area contributed by atoms with Crippen molar-refractivity contribution in [3.63, 3.8) is 0 Å². The van der Waals surface area contributed by atoms with Crippen molar-refractivity contribution in [1.82, 2.24) is 9.97 Å². The zero-order valence-electron chi connectivity index (χ0n) is 22.8. The van der Waals surface area contributed by atoms with Crippen LogP contribution in [0.4, 0.5) is 0 Å². The summed E-state index contributed by atoms with van der Waals surface area (Å²) in [7, 11) is 0. The lowest BCUT2D eigenvalue weighted by molar-refractivity contribution is -0.118. The summed E-state index contributed by atoms with van der Waals surface area (Å²) in [6.07, 6.45) is 0. The molecule has 0 fully saturated rings. The molecule has 3 aromatic carbocycles. The highest BCUT2D eigenvalue weighted by Crippen LogP contribution is 2.26. The molecule has 1 aromatic heterocycles. The Kier molecular flexibility index (Phi) is 8.77. The number of aliphatic imine (C=N–C) groups is 2. The SMILES string of the molecule is Cc1cccc(C2=NC(SCc3ccc(CSc4nc(-c5cccc(C)c5)c(C#N)c(=O)[nH]4)cc3)=NC(=O)C2C#N)c1. The number of nitrogens with one attached hydrogen (secondary N) is 1. The van der Waals surface area contributed by atoms with Crippen LogP contribution < -0.4 is 5.56 Å². The molecular formula is C32H24N6O2S2. The van der Waals surface area contributed by atoms with Crippen molar-refractivity contribution >= 4 is 40.3 Å². The van der Waals surface area contributed by atoms with Crippen LogP contribution in [0.3, 0.4) is 0 Å². The molecule has 5 rings (SSSR count). The van der Waals surface area contributed by atoms with Crippen LogP contribution in [-0.4, -0.2) is 26.8 Å². The molecule has 10 heteroatoms. The Hall–Kier alpha value is -4.77. The van der Waals surface area contributed by atoms with E-state index in [-0.39, 0.29) is 5.56 Å². The van der Waals surface area contributed by atoms with Crippen molar-refractivity contribution in [3.8, 4) is 23.4 Å². The highest BCUT2D eigenvalue weighted by molar-refractivity contribution is 8.13. The monoisotopic (exact) mass is 588 g/mol. The number of rotatable bonds is 7. The number of aryl methyl sites for hydroxylation is 2. The van der Waals surface area contributed by atoms with Gasteiger partial charge in [0.15, 0.2) is 16.2 Å². The number of thioether (sulfide) groups is 2. The Morgan fingerprint density at radius 1 is 0.833 bits per heavy atom. The number of amidine groups is 1. The third kappa shape index (κ3) is 6.58. The summed E-state index contributed by atoms with van der Waals surface area (Å²) in [6.45, 7) is 3.90. The largest absolute Gasteiger partial charge is 0.300 e. The van der Waals surface area contributed by atoms with Crippen molar-refractivity contribution in [2.75, 3.05) is 0 Å². The third-order valence-electron chi connectivity index (χ3n) is 6.45. The first-order valence-electron chi connectivity index (χ1n) is 13.0. The summed E-state index contributed by atoms with van der Waals surface area (Å²) in [5.41, 5.74) is 5.88. The minimum absolute atomic E-state index is 0.00504. The third-order valence-corrected chi connectivity index (χ3v) is 8.32. The summed E-state index contributed by atoms with van der Waals surface area (Å²) in [5.74, 6) is -0.400. The number of carbonyl (C=O) groups is 1. The average molecular weight is 589 g/mol. The molecule has 1 unspecified atom stereocenters. The second-order valence-electron chi connectivity index (χ2n) is 9.63. The Morgan fingerprint density at radius 2 is 1.45 bits per heavy atom. The van der Waals surface area contributed by atoms with Crippen molar-refractivity contribution in [1.29, 1.82) is 10.5 Å². The van der Waals surface area contributed by atoms with Crippen LogP contribution in [0.2, 0.25) is 0 Å². The molecule has 0 spiro atoms. The number of benzene rings is 3. The van der Waals surface area contributed by atoms with Crippen LogP contribution in [0, 0.1) is 42.4 Å². The second-order valence-corrected chi connectivity index (χ2v) is 11.5. The summed E-state index contributed by atoms with van der Waals surface area (Å²) in [4.78, 5) is 41.1. The van der Waals surface area contributed by atoms with E-state index in [9.17, 15) is 20.1 Å². The topological polar surface area (TPSA) is 135 Å². The van der Waals surface area contributed by atoms with E-state index in [4.69, 9.17) is 0 Å². The number of nitriles is 2. The minimum atomic E-state index is -1.01. The van der Waals surface area contributed by atoms with Gasteiger partial charge in [-0.15, -0.1) is 0 Å². The predicted molar refractivity (Wildman–Crippen MR) is 166 cm³/mol. The quantitative estimate of drug-likeness (QED) is 0.207. The molecule has 8 nitrogen and oxygen atoms in total. The Balaban J connectivity index is 1.25. The van der Waals surface area contributed by atoms with Gasteiger partial charge in [0.25, 0.3) is 11.5 Å². The first kappa shape index (κ1) is 28.7. The molecule has 0 saturated carbocycles. The molecule has 2 heterocycles. The molecule has 1 atom stereocenters. The lowest BCUT2D eigenvalue weighted by atomic mass is 9.95. The Labute approximate surface area is 251 Å². The molecule has 0 saturated heterocycles. The lowest BCUT2D eigenvalue weighted by Gasteiger charge is -2.16. The standard InChI is InChI=1S/C32H24N6O2S2/c1-19-5-3-7-23(13-19)27-25(15-33)29(39)37-31(35-27)41-17-21-9-11-22(12-10-21)18-42-32-36-28(26(16-34)30(40)38-32)24-8-4-6-20(2)14-24/h3-14,25H,17-18H2,1-2H3,(H,36,38,40). The number of carbonyl (C=O) groups excluding carboxylic acids is 1. The maximum Gasteiger partial charge on any atom is 0.271 e. The average Bonchev–Trinajstić information content (AvgIpc) is 2.99. The highest BCUT2D eigenvalue weighted by Gasteiger charge is 2.30. The summed E-state index contributed by atoms with van der Waals surface area (Å²) in [6, 6.07) is 27.1. The molecule has 206 valence electrons. The van der Waals surface area contributed by atoms with Crippen LogP contribution in [0.25, 0.3) is 11.3 Å². The number of H-pyrrole nitrogens is 1. The van der Waals surface area contributed by atoms with E-state index in [1.807, 2.05) is 98.8 Å². The molecule has 1 amide bonds. The molecule has 0 bridgehead atoms.